The fraction of sp³-hybridized carbons (Fsp3) is 0.263. The number of rotatable bonds is 7. The van der Waals surface area contributed by atoms with Gasteiger partial charge in [-0.3, -0.25) is 9.59 Å². The van der Waals surface area contributed by atoms with Gasteiger partial charge in [0.1, 0.15) is 5.75 Å². The summed E-state index contributed by atoms with van der Waals surface area (Å²) in [6.07, 6.45) is 0. The normalized spacial score (nSPS) is 10.2. The quantitative estimate of drug-likeness (QED) is 0.772. The van der Waals surface area contributed by atoms with Gasteiger partial charge in [0.2, 0.25) is 5.91 Å². The van der Waals surface area contributed by atoms with Crippen LogP contribution in [0.5, 0.6) is 5.75 Å². The van der Waals surface area contributed by atoms with Crippen LogP contribution in [0.25, 0.3) is 0 Å². The summed E-state index contributed by atoms with van der Waals surface area (Å²) < 4.78 is 5.40. The summed E-state index contributed by atoms with van der Waals surface area (Å²) in [5, 5.41) is 2.85. The fourth-order valence-electron chi connectivity index (χ4n) is 1.97. The summed E-state index contributed by atoms with van der Waals surface area (Å²) in [5.74, 6) is 0.762. The predicted octanol–water partition coefficient (Wildman–Crippen LogP) is 3.19. The maximum Gasteiger partial charge on any atom is 0.259 e. The number of benzene rings is 2. The highest BCUT2D eigenvalue weighted by molar-refractivity contribution is 8.00. The summed E-state index contributed by atoms with van der Waals surface area (Å²) in [4.78, 5) is 26.1. The van der Waals surface area contributed by atoms with E-state index in [9.17, 15) is 9.59 Å². The number of carbonyl (C=O) groups excluding carboxylic acids is 2. The molecule has 25 heavy (non-hydrogen) atoms. The Morgan fingerprint density at radius 2 is 1.76 bits per heavy atom. The molecular weight excluding hydrogens is 336 g/mol. The van der Waals surface area contributed by atoms with Crippen molar-refractivity contribution in [1.29, 1.82) is 0 Å². The van der Waals surface area contributed by atoms with Crippen LogP contribution in [0, 0.1) is 6.92 Å². The first kappa shape index (κ1) is 18.9. The van der Waals surface area contributed by atoms with Gasteiger partial charge in [-0.25, -0.2) is 0 Å². The van der Waals surface area contributed by atoms with Crippen LogP contribution >= 0.6 is 11.8 Å². The van der Waals surface area contributed by atoms with Gasteiger partial charge in [0, 0.05) is 24.7 Å². The van der Waals surface area contributed by atoms with Gasteiger partial charge in [-0.15, -0.1) is 11.8 Å². The third-order valence-electron chi connectivity index (χ3n) is 3.45. The standard InChI is InChI=1S/C19H22N2O3S/c1-14-6-4-5-7-17(14)25-13-18(22)20-15-8-10-16(11-9-15)24-12-19(23)21(2)3/h4-11H,12-13H2,1-3H3,(H,20,22). The number of likely N-dealkylation sites (N-methyl/N-ethyl adjacent to an activating group) is 1. The van der Waals surface area contributed by atoms with E-state index < -0.39 is 0 Å². The highest BCUT2D eigenvalue weighted by atomic mass is 32.2. The van der Waals surface area contributed by atoms with E-state index in [1.807, 2.05) is 31.2 Å². The Balaban J connectivity index is 1.81. The van der Waals surface area contributed by atoms with Crippen molar-refractivity contribution < 1.29 is 14.3 Å². The molecule has 2 amide bonds. The third-order valence-corrected chi connectivity index (χ3v) is 4.63. The molecule has 2 rings (SSSR count). The molecule has 1 N–H and O–H groups in total. The number of aryl methyl sites for hydroxylation is 1. The van der Waals surface area contributed by atoms with Gasteiger partial charge in [0.05, 0.1) is 5.75 Å². The Morgan fingerprint density at radius 3 is 2.40 bits per heavy atom. The van der Waals surface area contributed by atoms with Crippen LogP contribution in [0.15, 0.2) is 53.4 Å². The van der Waals surface area contributed by atoms with Gasteiger partial charge in [-0.1, -0.05) is 18.2 Å². The molecule has 132 valence electrons. The Hall–Kier alpha value is -2.47. The molecule has 0 fully saturated rings. The van der Waals surface area contributed by atoms with Gasteiger partial charge in [0.25, 0.3) is 5.91 Å². The zero-order valence-electron chi connectivity index (χ0n) is 14.6. The average Bonchev–Trinajstić information content (AvgIpc) is 2.60. The molecule has 2 aromatic rings. The second-order valence-corrected chi connectivity index (χ2v) is 6.72. The molecule has 0 aliphatic heterocycles. The highest BCUT2D eigenvalue weighted by Gasteiger charge is 2.07. The Morgan fingerprint density at radius 1 is 1.08 bits per heavy atom. The van der Waals surface area contributed by atoms with Crippen LogP contribution in [0.2, 0.25) is 0 Å². The number of amides is 2. The second kappa shape index (κ2) is 9.13. The summed E-state index contributed by atoms with van der Waals surface area (Å²) in [7, 11) is 3.36. The number of anilines is 1. The van der Waals surface area contributed by atoms with Crippen LogP contribution in [0.1, 0.15) is 5.56 Å². The molecule has 0 saturated heterocycles. The molecule has 0 unspecified atom stereocenters. The van der Waals surface area contributed by atoms with E-state index in [1.165, 1.54) is 16.7 Å². The maximum absolute atomic E-state index is 12.1. The van der Waals surface area contributed by atoms with E-state index in [0.717, 1.165) is 10.5 Å². The maximum atomic E-state index is 12.1. The van der Waals surface area contributed by atoms with Gasteiger partial charge in [0.15, 0.2) is 6.61 Å². The fourth-order valence-corrected chi connectivity index (χ4v) is 2.80. The molecule has 0 radical (unpaired) electrons. The van der Waals surface area contributed by atoms with E-state index in [-0.39, 0.29) is 18.4 Å². The Bertz CT molecular complexity index is 730. The van der Waals surface area contributed by atoms with E-state index in [4.69, 9.17) is 4.74 Å². The van der Waals surface area contributed by atoms with Gasteiger partial charge < -0.3 is 15.0 Å². The molecule has 5 nitrogen and oxygen atoms in total. The minimum absolute atomic E-state index is 0.00816. The number of nitrogens with zero attached hydrogens (tertiary/aromatic N) is 1. The van der Waals surface area contributed by atoms with Gasteiger partial charge in [-0.2, -0.15) is 0 Å². The smallest absolute Gasteiger partial charge is 0.259 e. The summed E-state index contributed by atoms with van der Waals surface area (Å²) >= 11 is 1.51. The van der Waals surface area contributed by atoms with Crippen LogP contribution < -0.4 is 10.1 Å². The summed E-state index contributed by atoms with van der Waals surface area (Å²) in [5.41, 5.74) is 1.86. The van der Waals surface area contributed by atoms with E-state index in [0.29, 0.717) is 17.2 Å². The average molecular weight is 358 g/mol. The summed E-state index contributed by atoms with van der Waals surface area (Å²) in [6, 6.07) is 15.0. The van der Waals surface area contributed by atoms with Crippen molar-refractivity contribution in [3.05, 3.63) is 54.1 Å². The van der Waals surface area contributed by atoms with Crippen LogP contribution in [-0.4, -0.2) is 43.2 Å². The monoisotopic (exact) mass is 358 g/mol. The number of hydrogen-bond acceptors (Lipinski definition) is 4. The predicted molar refractivity (Wildman–Crippen MR) is 101 cm³/mol. The van der Waals surface area contributed by atoms with E-state index >= 15 is 0 Å². The van der Waals surface area contributed by atoms with Gasteiger partial charge >= 0.3 is 0 Å². The molecule has 0 aromatic heterocycles. The van der Waals surface area contributed by atoms with Crippen LogP contribution in [0.3, 0.4) is 0 Å². The second-order valence-electron chi connectivity index (χ2n) is 5.70. The topological polar surface area (TPSA) is 58.6 Å². The number of thioether (sulfide) groups is 1. The largest absolute Gasteiger partial charge is 0.484 e. The molecule has 0 heterocycles. The molecule has 0 atom stereocenters. The molecule has 6 heteroatoms. The number of nitrogens with one attached hydrogen (secondary N) is 1. The minimum Gasteiger partial charge on any atom is -0.484 e. The van der Waals surface area contributed by atoms with Gasteiger partial charge in [-0.05, 0) is 42.8 Å². The molecule has 2 aromatic carbocycles. The molecule has 0 saturated carbocycles. The molecule has 0 bridgehead atoms. The lowest BCUT2D eigenvalue weighted by Gasteiger charge is -2.12. The number of carbonyl (C=O) groups is 2. The van der Waals surface area contributed by atoms with E-state index in [1.54, 1.807) is 38.4 Å². The number of hydrogen-bond donors (Lipinski definition) is 1. The lowest BCUT2D eigenvalue weighted by atomic mass is 10.2. The Labute approximate surface area is 152 Å². The molecule has 0 aliphatic carbocycles. The zero-order valence-corrected chi connectivity index (χ0v) is 15.4. The lowest BCUT2D eigenvalue weighted by molar-refractivity contribution is -0.130. The number of ether oxygens (including phenoxy) is 1. The van der Waals surface area contributed by atoms with Crippen molar-refractivity contribution in [2.75, 3.05) is 31.8 Å². The first-order chi connectivity index (χ1) is 12.0. The summed E-state index contributed by atoms with van der Waals surface area (Å²) in [6.45, 7) is 2.02. The molecular formula is C19H22N2O3S. The first-order valence-electron chi connectivity index (χ1n) is 7.87. The van der Waals surface area contributed by atoms with Crippen molar-refractivity contribution >= 4 is 29.3 Å². The first-order valence-corrected chi connectivity index (χ1v) is 8.85. The zero-order chi connectivity index (χ0) is 18.2. The van der Waals surface area contributed by atoms with E-state index in [2.05, 4.69) is 5.32 Å². The van der Waals surface area contributed by atoms with Crippen molar-refractivity contribution in [2.24, 2.45) is 0 Å². The van der Waals surface area contributed by atoms with Crippen LogP contribution in [-0.2, 0) is 9.59 Å². The molecule has 0 spiro atoms. The Kier molecular flexibility index (Phi) is 6.89. The highest BCUT2D eigenvalue weighted by Crippen LogP contribution is 2.22. The SMILES string of the molecule is Cc1ccccc1SCC(=O)Nc1ccc(OCC(=O)N(C)C)cc1. The van der Waals surface area contributed by atoms with Crippen molar-refractivity contribution in [3.63, 3.8) is 0 Å². The minimum atomic E-state index is -0.106. The third kappa shape index (κ3) is 6.15. The lowest BCUT2D eigenvalue weighted by Crippen LogP contribution is -2.27. The van der Waals surface area contributed by atoms with Crippen molar-refractivity contribution in [3.8, 4) is 5.75 Å². The van der Waals surface area contributed by atoms with Crippen LogP contribution in [0.4, 0.5) is 5.69 Å². The van der Waals surface area contributed by atoms with Crippen molar-refractivity contribution in [1.82, 2.24) is 4.90 Å². The molecule has 0 aliphatic rings. The van der Waals surface area contributed by atoms with Crippen molar-refractivity contribution in [2.45, 2.75) is 11.8 Å².